The molecule has 19 heavy (non-hydrogen) atoms. The van der Waals surface area contributed by atoms with Gasteiger partial charge in [-0.15, -0.1) is 0 Å². The van der Waals surface area contributed by atoms with E-state index in [0.717, 1.165) is 30.6 Å². The van der Waals surface area contributed by atoms with Crippen LogP contribution in [0.3, 0.4) is 0 Å². The van der Waals surface area contributed by atoms with Crippen molar-refractivity contribution in [3.8, 4) is 0 Å². The topological polar surface area (TPSA) is 81.6 Å². The molecule has 1 unspecified atom stereocenters. The summed E-state index contributed by atoms with van der Waals surface area (Å²) in [6, 6.07) is 5.68. The van der Waals surface area contributed by atoms with Gasteiger partial charge in [0.2, 0.25) is 0 Å². The Kier molecular flexibility index (Phi) is 4.19. The molecule has 0 radical (unpaired) electrons. The van der Waals surface area contributed by atoms with E-state index in [1.165, 1.54) is 6.92 Å². The van der Waals surface area contributed by atoms with Gasteiger partial charge in [0, 0.05) is 18.7 Å². The van der Waals surface area contributed by atoms with E-state index in [9.17, 15) is 9.90 Å². The highest BCUT2D eigenvalue weighted by molar-refractivity contribution is 5.96. The van der Waals surface area contributed by atoms with Crippen molar-refractivity contribution in [3.05, 3.63) is 34.9 Å². The van der Waals surface area contributed by atoms with Crippen LogP contribution in [0.1, 0.15) is 28.4 Å². The van der Waals surface area contributed by atoms with Crippen LogP contribution < -0.4 is 10.6 Å². The van der Waals surface area contributed by atoms with E-state index in [1.54, 1.807) is 6.07 Å². The third-order valence-electron chi connectivity index (χ3n) is 3.36. The van der Waals surface area contributed by atoms with Crippen LogP contribution in [0.25, 0.3) is 0 Å². The molecule has 5 heteroatoms. The molecule has 1 atom stereocenters. The van der Waals surface area contributed by atoms with Crippen molar-refractivity contribution in [3.63, 3.8) is 0 Å². The van der Waals surface area contributed by atoms with Crippen LogP contribution >= 0.6 is 0 Å². The van der Waals surface area contributed by atoms with Crippen molar-refractivity contribution in [1.29, 1.82) is 0 Å². The molecular weight excluding hydrogens is 244 g/mol. The zero-order valence-electron chi connectivity index (χ0n) is 11.1. The Hall–Kier alpha value is -1.43. The Labute approximate surface area is 112 Å². The third kappa shape index (κ3) is 3.32. The molecule has 1 amide bonds. The second kappa shape index (κ2) is 5.69. The summed E-state index contributed by atoms with van der Waals surface area (Å²) in [4.78, 5) is 12.2. The van der Waals surface area contributed by atoms with Crippen molar-refractivity contribution in [2.45, 2.75) is 25.5 Å². The van der Waals surface area contributed by atoms with Crippen LogP contribution in [0.5, 0.6) is 0 Å². The number of benzene rings is 1. The number of hydrogen-bond acceptors (Lipinski definition) is 4. The number of aliphatic hydroxyl groups is 2. The van der Waals surface area contributed by atoms with Gasteiger partial charge in [-0.1, -0.05) is 12.1 Å². The molecule has 1 aliphatic heterocycles. The van der Waals surface area contributed by atoms with Gasteiger partial charge >= 0.3 is 0 Å². The van der Waals surface area contributed by atoms with E-state index in [4.69, 9.17) is 5.11 Å². The van der Waals surface area contributed by atoms with Crippen LogP contribution in [-0.4, -0.2) is 41.4 Å². The first-order valence-corrected chi connectivity index (χ1v) is 6.46. The normalized spacial score (nSPS) is 17.4. The summed E-state index contributed by atoms with van der Waals surface area (Å²) in [5.41, 5.74) is 1.59. The van der Waals surface area contributed by atoms with Gasteiger partial charge in [0.25, 0.3) is 5.91 Å². The molecule has 0 aromatic heterocycles. The van der Waals surface area contributed by atoms with E-state index < -0.39 is 5.60 Å². The van der Waals surface area contributed by atoms with Crippen molar-refractivity contribution >= 4 is 5.91 Å². The lowest BCUT2D eigenvalue weighted by molar-refractivity contribution is 0.00319. The van der Waals surface area contributed by atoms with Crippen LogP contribution in [0, 0.1) is 0 Å². The molecule has 1 aliphatic rings. The minimum Gasteiger partial charge on any atom is -0.393 e. The van der Waals surface area contributed by atoms with E-state index in [2.05, 4.69) is 10.6 Å². The molecule has 104 valence electrons. The summed E-state index contributed by atoms with van der Waals surface area (Å²) in [6.45, 7) is 2.78. The molecule has 1 heterocycles. The largest absolute Gasteiger partial charge is 0.393 e. The van der Waals surface area contributed by atoms with Crippen LogP contribution in [-0.2, 0) is 13.0 Å². The SMILES string of the molecule is CC(O)(CO)CNC(=O)c1cccc2c1CCNC2. The standard InChI is InChI=1S/C14H20N2O3/c1-14(19,9-17)8-16-13(18)12-4-2-3-10-7-15-6-5-11(10)12/h2-4,15,17,19H,5-9H2,1H3,(H,16,18). The number of rotatable bonds is 4. The van der Waals surface area contributed by atoms with Crippen molar-refractivity contribution in [2.75, 3.05) is 19.7 Å². The fourth-order valence-electron chi connectivity index (χ4n) is 2.17. The molecular formula is C14H20N2O3. The first kappa shape index (κ1) is 14.0. The maximum Gasteiger partial charge on any atom is 0.251 e. The highest BCUT2D eigenvalue weighted by Crippen LogP contribution is 2.18. The molecule has 0 aliphatic carbocycles. The summed E-state index contributed by atoms with van der Waals surface area (Å²) >= 11 is 0. The fraction of sp³-hybridized carbons (Fsp3) is 0.500. The smallest absolute Gasteiger partial charge is 0.251 e. The second-order valence-corrected chi connectivity index (χ2v) is 5.21. The average Bonchev–Trinajstić information content (AvgIpc) is 2.44. The predicted molar refractivity (Wildman–Crippen MR) is 71.9 cm³/mol. The van der Waals surface area contributed by atoms with Gasteiger partial charge in [-0.3, -0.25) is 4.79 Å². The minimum atomic E-state index is -1.29. The molecule has 0 saturated heterocycles. The summed E-state index contributed by atoms with van der Waals surface area (Å²) in [5, 5.41) is 24.6. The predicted octanol–water partition coefficient (Wildman–Crippen LogP) is -0.195. The number of hydrogen-bond donors (Lipinski definition) is 4. The van der Waals surface area contributed by atoms with Crippen molar-refractivity contribution < 1.29 is 15.0 Å². The quantitative estimate of drug-likeness (QED) is 0.607. The third-order valence-corrected chi connectivity index (χ3v) is 3.36. The Bertz CT molecular complexity index is 472. The molecule has 1 aromatic carbocycles. The maximum absolute atomic E-state index is 12.2. The van der Waals surface area contributed by atoms with Crippen molar-refractivity contribution in [2.24, 2.45) is 0 Å². The van der Waals surface area contributed by atoms with E-state index >= 15 is 0 Å². The number of amides is 1. The lowest BCUT2D eigenvalue weighted by Gasteiger charge is -2.23. The highest BCUT2D eigenvalue weighted by atomic mass is 16.3. The summed E-state index contributed by atoms with van der Waals surface area (Å²) in [7, 11) is 0. The monoisotopic (exact) mass is 264 g/mol. The lowest BCUT2D eigenvalue weighted by Crippen LogP contribution is -2.43. The molecule has 0 fully saturated rings. The summed E-state index contributed by atoms with van der Waals surface area (Å²) in [5.74, 6) is -0.201. The Morgan fingerprint density at radius 1 is 1.53 bits per heavy atom. The Balaban J connectivity index is 2.11. The van der Waals surface area contributed by atoms with E-state index in [-0.39, 0.29) is 19.1 Å². The first-order valence-electron chi connectivity index (χ1n) is 6.46. The van der Waals surface area contributed by atoms with E-state index in [1.807, 2.05) is 12.1 Å². The molecule has 1 aromatic rings. The molecule has 0 saturated carbocycles. The zero-order valence-corrected chi connectivity index (χ0v) is 11.1. The number of fused-ring (bicyclic) bond motifs is 1. The zero-order chi connectivity index (χ0) is 13.9. The van der Waals surface area contributed by atoms with Crippen molar-refractivity contribution in [1.82, 2.24) is 10.6 Å². The number of aliphatic hydroxyl groups excluding tert-OH is 1. The van der Waals surface area contributed by atoms with Crippen LogP contribution in [0.4, 0.5) is 0 Å². The first-order chi connectivity index (χ1) is 9.03. The molecule has 5 nitrogen and oxygen atoms in total. The Morgan fingerprint density at radius 2 is 2.32 bits per heavy atom. The van der Waals surface area contributed by atoms with Gasteiger partial charge < -0.3 is 20.8 Å². The van der Waals surface area contributed by atoms with Gasteiger partial charge in [0.05, 0.1) is 6.61 Å². The highest BCUT2D eigenvalue weighted by Gasteiger charge is 2.22. The van der Waals surface area contributed by atoms with Crippen LogP contribution in [0.2, 0.25) is 0 Å². The maximum atomic E-state index is 12.2. The molecule has 2 rings (SSSR count). The fourth-order valence-corrected chi connectivity index (χ4v) is 2.17. The molecule has 0 spiro atoms. The Morgan fingerprint density at radius 3 is 3.05 bits per heavy atom. The number of carbonyl (C=O) groups is 1. The van der Waals surface area contributed by atoms with Gasteiger partial charge in [0.15, 0.2) is 0 Å². The van der Waals surface area contributed by atoms with Crippen LogP contribution in [0.15, 0.2) is 18.2 Å². The minimum absolute atomic E-state index is 0.0320. The second-order valence-electron chi connectivity index (χ2n) is 5.21. The van der Waals surface area contributed by atoms with E-state index in [0.29, 0.717) is 5.56 Å². The molecule has 4 N–H and O–H groups in total. The summed E-state index contributed by atoms with van der Waals surface area (Å²) in [6.07, 6.45) is 0.829. The number of carbonyl (C=O) groups excluding carboxylic acids is 1. The lowest BCUT2D eigenvalue weighted by atomic mass is 9.95. The van der Waals surface area contributed by atoms with Gasteiger partial charge in [-0.25, -0.2) is 0 Å². The average molecular weight is 264 g/mol. The summed E-state index contributed by atoms with van der Waals surface area (Å²) < 4.78 is 0. The van der Waals surface area contributed by atoms with Gasteiger partial charge in [-0.05, 0) is 37.1 Å². The number of nitrogens with one attached hydrogen (secondary N) is 2. The van der Waals surface area contributed by atoms with Gasteiger partial charge in [-0.2, -0.15) is 0 Å². The molecule has 0 bridgehead atoms. The van der Waals surface area contributed by atoms with Gasteiger partial charge in [0.1, 0.15) is 5.60 Å².